The van der Waals surface area contributed by atoms with Gasteiger partial charge < -0.3 is 11.1 Å². The zero-order valence-electron chi connectivity index (χ0n) is 13.5. The fourth-order valence-electron chi connectivity index (χ4n) is 3.24. The third-order valence-corrected chi connectivity index (χ3v) is 4.58. The van der Waals surface area contributed by atoms with Crippen molar-refractivity contribution in [1.29, 1.82) is 0 Å². The number of benzene rings is 1. The third kappa shape index (κ3) is 3.79. The molecule has 2 aromatic rings. The topological polar surface area (TPSA) is 72.9 Å². The van der Waals surface area contributed by atoms with E-state index in [0.717, 1.165) is 36.9 Å². The predicted molar refractivity (Wildman–Crippen MR) is 90.1 cm³/mol. The fourth-order valence-corrected chi connectivity index (χ4v) is 3.24. The smallest absolute Gasteiger partial charge is 0.223 e. The van der Waals surface area contributed by atoms with Gasteiger partial charge in [-0.3, -0.25) is 4.79 Å². The minimum atomic E-state index is -0.0313. The molecule has 3 rings (SSSR count). The van der Waals surface area contributed by atoms with Crippen molar-refractivity contribution < 1.29 is 4.79 Å². The van der Waals surface area contributed by atoms with E-state index in [2.05, 4.69) is 16.5 Å². The van der Waals surface area contributed by atoms with Crippen LogP contribution in [-0.2, 0) is 4.79 Å². The highest BCUT2D eigenvalue weighted by molar-refractivity contribution is 5.79. The average molecular weight is 312 g/mol. The number of nitrogens with two attached hydrogens (primary N) is 1. The Morgan fingerprint density at radius 1 is 1.39 bits per heavy atom. The molecule has 3 N–H and O–H groups in total. The molecule has 0 spiro atoms. The van der Waals surface area contributed by atoms with Crippen molar-refractivity contribution in [3.05, 3.63) is 48.3 Å². The molecule has 0 bridgehead atoms. The zero-order chi connectivity index (χ0) is 16.2. The fraction of sp³-hybridized carbons (Fsp3) is 0.444. The summed E-state index contributed by atoms with van der Waals surface area (Å²) in [6, 6.07) is 10.1. The quantitative estimate of drug-likeness (QED) is 0.911. The summed E-state index contributed by atoms with van der Waals surface area (Å²) in [6.45, 7) is 2.02. The zero-order valence-corrected chi connectivity index (χ0v) is 13.5. The lowest BCUT2D eigenvalue weighted by atomic mass is 9.85. The van der Waals surface area contributed by atoms with E-state index in [0.29, 0.717) is 0 Å². The highest BCUT2D eigenvalue weighted by atomic mass is 16.1. The molecule has 3 unspecified atom stereocenters. The lowest BCUT2D eigenvalue weighted by Gasteiger charge is -2.27. The van der Waals surface area contributed by atoms with E-state index in [9.17, 15) is 4.79 Å². The molecule has 0 radical (unpaired) electrons. The molecule has 23 heavy (non-hydrogen) atoms. The van der Waals surface area contributed by atoms with E-state index in [-0.39, 0.29) is 23.9 Å². The number of rotatable bonds is 4. The second kappa shape index (κ2) is 6.96. The van der Waals surface area contributed by atoms with Gasteiger partial charge in [0.2, 0.25) is 5.91 Å². The highest BCUT2D eigenvalue weighted by Gasteiger charge is 2.26. The van der Waals surface area contributed by atoms with Gasteiger partial charge in [-0.05, 0) is 49.9 Å². The summed E-state index contributed by atoms with van der Waals surface area (Å²) in [7, 11) is 0. The first-order chi connectivity index (χ1) is 11.1. The standard InChI is InChI=1S/C18H24N4O/c1-13(21-18(23)15-6-2-7-16(19)11-15)14-5-3-8-17(12-14)22-10-4-9-20-22/h3-5,8-10,12-13,15-16H,2,6-7,11,19H2,1H3,(H,21,23). The lowest BCUT2D eigenvalue weighted by Crippen LogP contribution is -2.38. The first-order valence-electron chi connectivity index (χ1n) is 8.29. The number of carbonyl (C=O) groups is 1. The Morgan fingerprint density at radius 2 is 2.26 bits per heavy atom. The summed E-state index contributed by atoms with van der Waals surface area (Å²) >= 11 is 0. The van der Waals surface area contributed by atoms with Gasteiger partial charge in [0.15, 0.2) is 0 Å². The molecule has 1 aromatic carbocycles. The molecule has 3 atom stereocenters. The lowest BCUT2D eigenvalue weighted by molar-refractivity contribution is -0.126. The molecule has 0 saturated heterocycles. The first-order valence-corrected chi connectivity index (χ1v) is 8.29. The summed E-state index contributed by atoms with van der Waals surface area (Å²) in [4.78, 5) is 12.5. The molecule has 1 aliphatic rings. The molecule has 5 nitrogen and oxygen atoms in total. The second-order valence-electron chi connectivity index (χ2n) is 6.40. The van der Waals surface area contributed by atoms with Gasteiger partial charge in [0, 0.05) is 24.4 Å². The maximum atomic E-state index is 12.5. The number of nitrogens with one attached hydrogen (secondary N) is 1. The number of nitrogens with zero attached hydrogens (tertiary/aromatic N) is 2. The van der Waals surface area contributed by atoms with Crippen molar-refractivity contribution in [1.82, 2.24) is 15.1 Å². The first kappa shape index (κ1) is 15.7. The van der Waals surface area contributed by atoms with E-state index in [1.165, 1.54) is 0 Å². The third-order valence-electron chi connectivity index (χ3n) is 4.58. The van der Waals surface area contributed by atoms with Crippen LogP contribution in [0.5, 0.6) is 0 Å². The van der Waals surface area contributed by atoms with E-state index < -0.39 is 0 Å². The number of amides is 1. The normalized spacial score (nSPS) is 22.5. The van der Waals surface area contributed by atoms with E-state index in [1.807, 2.05) is 42.1 Å². The predicted octanol–water partition coefficient (Wildman–Crippen LogP) is 2.57. The Balaban J connectivity index is 1.67. The van der Waals surface area contributed by atoms with E-state index >= 15 is 0 Å². The summed E-state index contributed by atoms with van der Waals surface area (Å²) in [5.74, 6) is 0.174. The van der Waals surface area contributed by atoms with Crippen LogP contribution in [0.1, 0.15) is 44.2 Å². The minimum absolute atomic E-state index is 0.0313. The number of hydrogen-bond acceptors (Lipinski definition) is 3. The van der Waals surface area contributed by atoms with Crippen LogP contribution in [0, 0.1) is 5.92 Å². The van der Waals surface area contributed by atoms with Crippen LogP contribution < -0.4 is 11.1 Å². The number of carbonyl (C=O) groups excluding carboxylic acids is 1. The largest absolute Gasteiger partial charge is 0.349 e. The van der Waals surface area contributed by atoms with Gasteiger partial charge in [-0.15, -0.1) is 0 Å². The van der Waals surface area contributed by atoms with Crippen LogP contribution in [0.25, 0.3) is 5.69 Å². The van der Waals surface area contributed by atoms with Crippen LogP contribution in [0.3, 0.4) is 0 Å². The van der Waals surface area contributed by atoms with Crippen molar-refractivity contribution >= 4 is 5.91 Å². The second-order valence-corrected chi connectivity index (χ2v) is 6.40. The van der Waals surface area contributed by atoms with Crippen LogP contribution in [0.2, 0.25) is 0 Å². The Kier molecular flexibility index (Phi) is 4.76. The van der Waals surface area contributed by atoms with E-state index in [4.69, 9.17) is 5.73 Å². The Bertz CT molecular complexity index is 653. The molecule has 1 amide bonds. The summed E-state index contributed by atoms with van der Waals surface area (Å²) in [5, 5.41) is 7.38. The van der Waals surface area contributed by atoms with Crippen LogP contribution in [0.15, 0.2) is 42.7 Å². The van der Waals surface area contributed by atoms with Gasteiger partial charge in [0.1, 0.15) is 0 Å². The molecule has 1 heterocycles. The van der Waals surface area contributed by atoms with Crippen molar-refractivity contribution in [2.45, 2.75) is 44.7 Å². The van der Waals surface area contributed by atoms with Gasteiger partial charge >= 0.3 is 0 Å². The van der Waals surface area contributed by atoms with Gasteiger partial charge in [0.05, 0.1) is 11.7 Å². The molecular formula is C18H24N4O. The minimum Gasteiger partial charge on any atom is -0.349 e. The monoisotopic (exact) mass is 312 g/mol. The van der Waals surface area contributed by atoms with Crippen molar-refractivity contribution in [2.75, 3.05) is 0 Å². The van der Waals surface area contributed by atoms with E-state index in [1.54, 1.807) is 6.20 Å². The summed E-state index contributed by atoms with van der Waals surface area (Å²) in [5.41, 5.74) is 8.06. The Hall–Kier alpha value is -2.14. The number of aromatic nitrogens is 2. The summed E-state index contributed by atoms with van der Waals surface area (Å²) in [6.07, 6.45) is 7.48. The van der Waals surface area contributed by atoms with Crippen molar-refractivity contribution in [3.63, 3.8) is 0 Å². The molecule has 1 aromatic heterocycles. The average Bonchev–Trinajstić information content (AvgIpc) is 3.09. The molecule has 5 heteroatoms. The maximum absolute atomic E-state index is 12.5. The SMILES string of the molecule is CC(NC(=O)C1CCCC(N)C1)c1cccc(-n2cccn2)c1. The van der Waals surface area contributed by atoms with Crippen molar-refractivity contribution in [3.8, 4) is 5.69 Å². The summed E-state index contributed by atoms with van der Waals surface area (Å²) < 4.78 is 1.82. The molecule has 0 aliphatic heterocycles. The number of hydrogen-bond donors (Lipinski definition) is 2. The maximum Gasteiger partial charge on any atom is 0.223 e. The molecule has 1 fully saturated rings. The Morgan fingerprint density at radius 3 is 3.00 bits per heavy atom. The van der Waals surface area contributed by atoms with Gasteiger partial charge in [-0.2, -0.15) is 5.10 Å². The van der Waals surface area contributed by atoms with Crippen LogP contribution in [0.4, 0.5) is 0 Å². The molecule has 1 aliphatic carbocycles. The van der Waals surface area contributed by atoms with Crippen molar-refractivity contribution in [2.24, 2.45) is 11.7 Å². The van der Waals surface area contributed by atoms with Crippen LogP contribution in [-0.4, -0.2) is 21.7 Å². The van der Waals surface area contributed by atoms with Crippen LogP contribution >= 0.6 is 0 Å². The van der Waals surface area contributed by atoms with Gasteiger partial charge in [-0.25, -0.2) is 4.68 Å². The highest BCUT2D eigenvalue weighted by Crippen LogP contribution is 2.24. The van der Waals surface area contributed by atoms with Gasteiger partial charge in [0.25, 0.3) is 0 Å². The molecular weight excluding hydrogens is 288 g/mol. The Labute approximate surface area is 136 Å². The molecule has 1 saturated carbocycles. The molecule has 122 valence electrons. The van der Waals surface area contributed by atoms with Gasteiger partial charge in [-0.1, -0.05) is 18.6 Å².